The summed E-state index contributed by atoms with van der Waals surface area (Å²) in [6.45, 7) is 8.67. The number of hydrogen-bond acceptors (Lipinski definition) is 12. The molecule has 4 aromatic carbocycles. The normalized spacial score (nSPS) is 9.14. The molecule has 0 saturated heterocycles. The Morgan fingerprint density at radius 3 is 0.611 bits per heavy atom. The van der Waals surface area contributed by atoms with Gasteiger partial charge in [0, 0.05) is 95.1 Å². The van der Waals surface area contributed by atoms with Gasteiger partial charge in [0.2, 0.25) is 0 Å². The zero-order valence-electron chi connectivity index (χ0n) is 50.9. The maximum Gasteiger partial charge on any atom is 2.00 e. The summed E-state index contributed by atoms with van der Waals surface area (Å²) in [5.41, 5.74) is 17.4. The van der Waals surface area contributed by atoms with E-state index in [4.69, 9.17) is 17.2 Å². The topological polar surface area (TPSA) is 175 Å². The molecule has 12 nitrogen and oxygen atoms in total. The minimum Gasteiger partial charge on any atom is -0.753 e. The Hall–Kier alpha value is -10.4. The van der Waals surface area contributed by atoms with Crippen LogP contribution >= 0.6 is 12.2 Å². The molecule has 0 amide bonds. The van der Waals surface area contributed by atoms with Crippen molar-refractivity contribution < 1.29 is 66.0 Å². The fourth-order valence-corrected chi connectivity index (χ4v) is 8.15. The van der Waals surface area contributed by atoms with Crippen LogP contribution in [0.2, 0.25) is 0 Å². The van der Waals surface area contributed by atoms with Crippen LogP contribution in [0.5, 0.6) is 0 Å². The van der Waals surface area contributed by atoms with Crippen LogP contribution in [0.4, 0.5) is 0 Å². The van der Waals surface area contributed by atoms with Gasteiger partial charge in [-0.25, -0.2) is 0 Å². The second kappa shape index (κ2) is 46.7. The average molecular weight is 1430 g/mol. The van der Waals surface area contributed by atoms with Gasteiger partial charge in [-0.1, -0.05) is 191 Å². The van der Waals surface area contributed by atoms with Crippen LogP contribution in [0.1, 0.15) is 11.4 Å². The fraction of sp³-hybridized carbons (Fsp3) is 0.0256. The van der Waals surface area contributed by atoms with Crippen LogP contribution in [-0.4, -0.2) is 55.0 Å². The number of nitrogens with zero attached hydrogens (tertiary/aromatic N) is 12. The quantitative estimate of drug-likeness (QED) is 0.0610. The van der Waals surface area contributed by atoms with Crippen LogP contribution < -0.4 is 0 Å². The molecule has 0 atom stereocenters. The van der Waals surface area contributed by atoms with Gasteiger partial charge in [-0.2, -0.15) is 41.6 Å². The zero-order chi connectivity index (χ0) is 63.8. The minimum absolute atomic E-state index is 0. The molecule has 0 radical (unpaired) electrons. The van der Waals surface area contributed by atoms with E-state index in [2.05, 4.69) is 98.5 Å². The number of pyridine rings is 10. The smallest absolute Gasteiger partial charge is 0.753 e. The van der Waals surface area contributed by atoms with Crippen molar-refractivity contribution in [2.45, 2.75) is 13.8 Å². The van der Waals surface area contributed by atoms with E-state index >= 15 is 0 Å². The van der Waals surface area contributed by atoms with Gasteiger partial charge in [0.25, 0.3) is 0 Å². The Kier molecular flexibility index (Phi) is 38.7. The molecule has 95 heavy (non-hydrogen) atoms. The van der Waals surface area contributed by atoms with Gasteiger partial charge in [0.15, 0.2) is 0 Å². The largest absolute Gasteiger partial charge is 2.00 e. The third kappa shape index (κ3) is 27.8. The summed E-state index contributed by atoms with van der Waals surface area (Å²) < 4.78 is 0. The maximum absolute atomic E-state index is 7.13. The summed E-state index contributed by atoms with van der Waals surface area (Å²) in [7, 11) is 0. The monoisotopic (exact) mass is 1420 g/mol. The number of thiocarbonyl (C=S) groups is 1. The van der Waals surface area contributed by atoms with Crippen molar-refractivity contribution in [3.63, 3.8) is 0 Å². The van der Waals surface area contributed by atoms with Crippen molar-refractivity contribution >= 4 is 17.4 Å². The Morgan fingerprint density at radius 1 is 0.305 bits per heavy atom. The Bertz CT molecular complexity index is 3610. The molecule has 0 saturated carbocycles. The van der Waals surface area contributed by atoms with Gasteiger partial charge >= 0.3 is 66.0 Å². The predicted molar refractivity (Wildman–Crippen MR) is 364 cm³/mol. The molecule has 474 valence electrons. The van der Waals surface area contributed by atoms with Crippen LogP contribution in [0.15, 0.2) is 305 Å². The number of aryl methyl sites for hydroxylation is 2. The Labute approximate surface area is 601 Å². The molecule has 0 spiro atoms. The van der Waals surface area contributed by atoms with Gasteiger partial charge in [-0.05, 0) is 48.5 Å². The molecule has 0 aliphatic heterocycles. The maximum atomic E-state index is 7.13. The predicted octanol–water partition coefficient (Wildman–Crippen LogP) is 17.6. The second-order valence-corrected chi connectivity index (χ2v) is 18.7. The van der Waals surface area contributed by atoms with Crippen molar-refractivity contribution in [2.75, 3.05) is 0 Å². The third-order valence-electron chi connectivity index (χ3n) is 12.2. The molecule has 0 bridgehead atoms. The number of benzene rings is 4. The van der Waals surface area contributed by atoms with E-state index in [1.54, 1.807) is 74.1 Å². The molecule has 0 N–H and O–H groups in total. The van der Waals surface area contributed by atoms with Crippen LogP contribution in [-0.2, 0) is 66.0 Å². The van der Waals surface area contributed by atoms with Gasteiger partial charge in [0.05, 0.1) is 0 Å². The van der Waals surface area contributed by atoms with Crippen LogP contribution in [0.25, 0.3) is 95.5 Å². The Balaban J connectivity index is 0.000000298. The zero-order valence-corrected chi connectivity index (χ0v) is 55.7. The van der Waals surface area contributed by atoms with Gasteiger partial charge in [0.1, 0.15) is 0 Å². The first-order valence-electron chi connectivity index (χ1n) is 28.2. The van der Waals surface area contributed by atoms with Crippen LogP contribution in [0.3, 0.4) is 0 Å². The van der Waals surface area contributed by atoms with E-state index < -0.39 is 0 Å². The minimum atomic E-state index is 0. The molecule has 0 unspecified atom stereocenters. The van der Waals surface area contributed by atoms with E-state index in [1.165, 1.54) is 5.16 Å². The van der Waals surface area contributed by atoms with E-state index in [0.717, 1.165) is 101 Å². The third-order valence-corrected chi connectivity index (χ3v) is 12.2. The molecule has 14 rings (SSSR count). The number of hydrogen-bond donors (Lipinski definition) is 0. The summed E-state index contributed by atoms with van der Waals surface area (Å²) in [4.78, 5) is 42.6. The van der Waals surface area contributed by atoms with Crippen molar-refractivity contribution in [2.24, 2.45) is 0 Å². The molecule has 0 aliphatic carbocycles. The molecular weight excluding hydrogens is 1370 g/mol. The molecule has 0 aliphatic rings. The average Bonchev–Trinajstić information content (AvgIpc) is 1.08. The first-order valence-corrected chi connectivity index (χ1v) is 28.6. The number of rotatable bonds is 8. The molecular formula is C78H56N12Ni4S. The first-order chi connectivity index (χ1) is 44.9. The molecule has 10 aromatic heterocycles. The van der Waals surface area contributed by atoms with Crippen LogP contribution in [0, 0.1) is 62.1 Å². The van der Waals surface area contributed by atoms with Gasteiger partial charge in [-0.3, -0.25) is 39.9 Å². The Morgan fingerprint density at radius 2 is 0.495 bits per heavy atom. The van der Waals surface area contributed by atoms with Gasteiger partial charge in [-0.15, -0.1) is 97.1 Å². The standard InChI is InChI=1S/4C16H11N2.C7H8N.C5H4N.CNS.CN.4Ni/c4*1-3-10-17-15(8-1)13-6-5-7-14(12-13)16-9-2-4-11-18-16;1-6-4-3-5-7(2)8-6;1-2-4-6-5-3-1;2-1-3;1-2;;;;/h4*1-11H;4-5H,1-2H3;2-5H;;;;;;/q8*-1;4*+2. The van der Waals surface area contributed by atoms with Crippen molar-refractivity contribution in [3.8, 4) is 90.1 Å². The number of aromatic nitrogens is 10. The molecule has 14 aromatic rings. The van der Waals surface area contributed by atoms with Crippen molar-refractivity contribution in [1.29, 1.82) is 5.26 Å². The van der Waals surface area contributed by atoms with E-state index in [9.17, 15) is 0 Å². The first kappa shape index (κ1) is 78.9. The SMILES string of the molecule is Cc1c[c-]cc(C)n1.[C-]#N.[N-]=C=S.[Ni+2].[Ni+2].[Ni+2].[Ni+2].[c-]1c(-c2ccccn2)cccc1-c1ccccn1.[c-]1c(-c2ccccn2)cccc1-c1ccccn1.[c-]1c(-c2ccccn2)cccc1-c1ccccn1.[c-]1c(-c2ccccn2)cccc1-c1ccccn1.[c-]1ccncc1. The molecule has 10 heterocycles. The van der Waals surface area contributed by atoms with E-state index in [0.29, 0.717) is 0 Å². The van der Waals surface area contributed by atoms with E-state index in [-0.39, 0.29) is 66.0 Å². The summed E-state index contributed by atoms with van der Waals surface area (Å²) in [5.74, 6) is 0. The summed E-state index contributed by atoms with van der Waals surface area (Å²) in [6.07, 6.45) is 17.7. The summed E-state index contributed by atoms with van der Waals surface area (Å²) in [5, 5.41) is 14.7. The summed E-state index contributed by atoms with van der Waals surface area (Å²) in [6, 6.07) is 97.5. The summed E-state index contributed by atoms with van der Waals surface area (Å²) >= 11 is 3.70. The van der Waals surface area contributed by atoms with Crippen molar-refractivity contribution in [1.82, 2.24) is 49.8 Å². The van der Waals surface area contributed by atoms with E-state index in [1.807, 2.05) is 244 Å². The number of isothiocyanates is 1. The fourth-order valence-electron chi connectivity index (χ4n) is 8.15. The van der Waals surface area contributed by atoms with Gasteiger partial charge < -0.3 is 27.2 Å². The molecule has 0 fully saturated rings. The van der Waals surface area contributed by atoms with Crippen molar-refractivity contribution in [3.05, 3.63) is 364 Å². The second-order valence-electron chi connectivity index (χ2n) is 18.5. The molecule has 17 heteroatoms.